The van der Waals surface area contributed by atoms with Gasteiger partial charge in [0.25, 0.3) is 0 Å². The Morgan fingerprint density at radius 3 is 2.78 bits per heavy atom. The van der Waals surface area contributed by atoms with Crippen LogP contribution >= 0.6 is 11.6 Å². The Morgan fingerprint density at radius 2 is 2.04 bits per heavy atom. The molecule has 0 aliphatic rings. The minimum Gasteiger partial charge on any atom is -0.490 e. The number of nitrogens with zero attached hydrogens (tertiary/aromatic N) is 1. The number of benzene rings is 2. The van der Waals surface area contributed by atoms with Crippen molar-refractivity contribution in [2.75, 3.05) is 20.2 Å². The maximum atomic E-state index is 12.3. The van der Waals surface area contributed by atoms with Crippen LogP contribution in [0.25, 0.3) is 11.0 Å². The van der Waals surface area contributed by atoms with Gasteiger partial charge >= 0.3 is 5.69 Å². The SMILES string of the molecule is CNCCOc1cc(Cl)cc2c1[nH]c(=O)n2Cc1ccccc1. The number of ether oxygens (including phenoxy) is 1. The van der Waals surface area contributed by atoms with Crippen LogP contribution in [-0.4, -0.2) is 29.8 Å². The van der Waals surface area contributed by atoms with Crippen LogP contribution in [0.1, 0.15) is 5.56 Å². The minimum atomic E-state index is -0.176. The van der Waals surface area contributed by atoms with Gasteiger partial charge in [0, 0.05) is 17.6 Å². The molecule has 0 atom stereocenters. The topological polar surface area (TPSA) is 59.0 Å². The van der Waals surface area contributed by atoms with E-state index in [1.54, 1.807) is 16.7 Å². The van der Waals surface area contributed by atoms with Crippen LogP contribution in [-0.2, 0) is 6.54 Å². The molecule has 0 aliphatic carbocycles. The zero-order valence-corrected chi connectivity index (χ0v) is 13.6. The van der Waals surface area contributed by atoms with Crippen molar-refractivity contribution in [3.05, 3.63) is 63.5 Å². The molecule has 0 amide bonds. The molecular weight excluding hydrogens is 314 g/mol. The molecule has 3 aromatic rings. The van der Waals surface area contributed by atoms with Crippen LogP contribution in [0.4, 0.5) is 0 Å². The fraction of sp³-hybridized carbons (Fsp3) is 0.235. The van der Waals surface area contributed by atoms with Crippen LogP contribution in [0.15, 0.2) is 47.3 Å². The number of aromatic amines is 1. The number of likely N-dealkylation sites (N-methyl/N-ethyl adjacent to an activating group) is 1. The van der Waals surface area contributed by atoms with E-state index in [9.17, 15) is 4.79 Å². The quantitative estimate of drug-likeness (QED) is 0.683. The molecule has 0 aliphatic heterocycles. The smallest absolute Gasteiger partial charge is 0.326 e. The van der Waals surface area contributed by atoms with Crippen molar-refractivity contribution in [2.45, 2.75) is 6.54 Å². The second kappa shape index (κ2) is 6.89. The molecule has 23 heavy (non-hydrogen) atoms. The number of halogens is 1. The lowest BCUT2D eigenvalue weighted by atomic mass is 10.2. The molecule has 0 fully saturated rings. The number of hydrogen-bond donors (Lipinski definition) is 2. The van der Waals surface area contributed by atoms with E-state index in [0.29, 0.717) is 36.0 Å². The van der Waals surface area contributed by atoms with Gasteiger partial charge in [-0.2, -0.15) is 0 Å². The highest BCUT2D eigenvalue weighted by Gasteiger charge is 2.13. The van der Waals surface area contributed by atoms with Gasteiger partial charge in [-0.15, -0.1) is 0 Å². The maximum Gasteiger partial charge on any atom is 0.326 e. The monoisotopic (exact) mass is 331 g/mol. The first-order chi connectivity index (χ1) is 11.2. The van der Waals surface area contributed by atoms with E-state index in [1.807, 2.05) is 37.4 Å². The van der Waals surface area contributed by atoms with E-state index in [4.69, 9.17) is 16.3 Å². The molecule has 0 radical (unpaired) electrons. The average molecular weight is 332 g/mol. The van der Waals surface area contributed by atoms with Gasteiger partial charge in [0.2, 0.25) is 0 Å². The second-order valence-electron chi connectivity index (χ2n) is 5.25. The summed E-state index contributed by atoms with van der Waals surface area (Å²) < 4.78 is 7.40. The van der Waals surface area contributed by atoms with Crippen molar-refractivity contribution < 1.29 is 4.74 Å². The summed E-state index contributed by atoms with van der Waals surface area (Å²) in [5.41, 5.74) is 2.29. The van der Waals surface area contributed by atoms with Crippen molar-refractivity contribution in [3.63, 3.8) is 0 Å². The Bertz CT molecular complexity index is 855. The standard InChI is InChI=1S/C17H18ClN3O2/c1-19-7-8-23-15-10-13(18)9-14-16(15)20-17(22)21(14)11-12-5-3-2-4-6-12/h2-6,9-10,19H,7-8,11H2,1H3,(H,20,22). The number of aromatic nitrogens is 2. The molecule has 0 saturated heterocycles. The molecule has 2 aromatic carbocycles. The van der Waals surface area contributed by atoms with Gasteiger partial charge in [0.1, 0.15) is 17.9 Å². The highest BCUT2D eigenvalue weighted by molar-refractivity contribution is 6.31. The number of hydrogen-bond acceptors (Lipinski definition) is 3. The average Bonchev–Trinajstić information content (AvgIpc) is 2.85. The van der Waals surface area contributed by atoms with Gasteiger partial charge in [0.15, 0.2) is 0 Å². The lowest BCUT2D eigenvalue weighted by Crippen LogP contribution is -2.17. The van der Waals surface area contributed by atoms with Crippen molar-refractivity contribution in [3.8, 4) is 5.75 Å². The molecule has 0 unspecified atom stereocenters. The van der Waals surface area contributed by atoms with E-state index in [0.717, 1.165) is 11.1 Å². The Balaban J connectivity index is 2.02. The summed E-state index contributed by atoms with van der Waals surface area (Å²) in [5.74, 6) is 0.590. The summed E-state index contributed by atoms with van der Waals surface area (Å²) >= 11 is 6.20. The Hall–Kier alpha value is -2.24. The van der Waals surface area contributed by atoms with Crippen molar-refractivity contribution in [1.29, 1.82) is 0 Å². The molecule has 6 heteroatoms. The summed E-state index contributed by atoms with van der Waals surface area (Å²) in [4.78, 5) is 15.2. The molecule has 1 heterocycles. The highest BCUT2D eigenvalue weighted by atomic mass is 35.5. The third-order valence-corrected chi connectivity index (χ3v) is 3.83. The van der Waals surface area contributed by atoms with Crippen LogP contribution in [0.2, 0.25) is 5.02 Å². The summed E-state index contributed by atoms with van der Waals surface area (Å²) in [6, 6.07) is 13.3. The van der Waals surface area contributed by atoms with Gasteiger partial charge in [-0.1, -0.05) is 41.9 Å². The summed E-state index contributed by atoms with van der Waals surface area (Å²) in [7, 11) is 1.86. The van der Waals surface area contributed by atoms with Gasteiger partial charge < -0.3 is 15.0 Å². The zero-order valence-electron chi connectivity index (χ0n) is 12.8. The molecule has 0 spiro atoms. The fourth-order valence-electron chi connectivity index (χ4n) is 2.49. The third-order valence-electron chi connectivity index (χ3n) is 3.61. The number of H-pyrrole nitrogens is 1. The Labute approximate surface area is 138 Å². The van der Waals surface area contributed by atoms with Crippen LogP contribution < -0.4 is 15.7 Å². The third kappa shape index (κ3) is 3.41. The first kappa shape index (κ1) is 15.6. The maximum absolute atomic E-state index is 12.3. The van der Waals surface area contributed by atoms with Gasteiger partial charge in [0.05, 0.1) is 12.1 Å². The molecule has 0 saturated carbocycles. The predicted octanol–water partition coefficient (Wildman–Crippen LogP) is 2.63. The number of rotatable bonds is 6. The lowest BCUT2D eigenvalue weighted by molar-refractivity contribution is 0.321. The number of fused-ring (bicyclic) bond motifs is 1. The Kier molecular flexibility index (Phi) is 4.69. The van der Waals surface area contributed by atoms with Crippen molar-refractivity contribution in [2.24, 2.45) is 0 Å². The predicted molar refractivity (Wildman–Crippen MR) is 92.5 cm³/mol. The molecule has 2 N–H and O–H groups in total. The minimum absolute atomic E-state index is 0.176. The largest absolute Gasteiger partial charge is 0.490 e. The first-order valence-electron chi connectivity index (χ1n) is 7.42. The zero-order chi connectivity index (χ0) is 16.2. The van der Waals surface area contributed by atoms with Gasteiger partial charge in [-0.25, -0.2) is 4.79 Å². The Morgan fingerprint density at radius 1 is 1.26 bits per heavy atom. The molecule has 3 rings (SSSR count). The lowest BCUT2D eigenvalue weighted by Gasteiger charge is -2.08. The van der Waals surface area contributed by atoms with E-state index in [2.05, 4.69) is 10.3 Å². The van der Waals surface area contributed by atoms with E-state index < -0.39 is 0 Å². The molecule has 1 aromatic heterocycles. The van der Waals surface area contributed by atoms with E-state index in [-0.39, 0.29) is 5.69 Å². The molecule has 0 bridgehead atoms. The first-order valence-corrected chi connectivity index (χ1v) is 7.80. The molecular formula is C17H18ClN3O2. The highest BCUT2D eigenvalue weighted by Crippen LogP contribution is 2.28. The molecule has 5 nitrogen and oxygen atoms in total. The van der Waals surface area contributed by atoms with Gasteiger partial charge in [-0.3, -0.25) is 4.57 Å². The number of imidazole rings is 1. The van der Waals surface area contributed by atoms with Crippen LogP contribution in [0.3, 0.4) is 0 Å². The van der Waals surface area contributed by atoms with Crippen LogP contribution in [0, 0.1) is 0 Å². The summed E-state index contributed by atoms with van der Waals surface area (Å²) in [6.45, 7) is 1.69. The van der Waals surface area contributed by atoms with Crippen LogP contribution in [0.5, 0.6) is 5.75 Å². The van der Waals surface area contributed by atoms with Crippen molar-refractivity contribution in [1.82, 2.24) is 14.9 Å². The number of nitrogens with one attached hydrogen (secondary N) is 2. The fourth-order valence-corrected chi connectivity index (χ4v) is 2.69. The van der Waals surface area contributed by atoms with E-state index >= 15 is 0 Å². The summed E-state index contributed by atoms with van der Waals surface area (Å²) in [6.07, 6.45) is 0. The molecule has 120 valence electrons. The summed E-state index contributed by atoms with van der Waals surface area (Å²) in [5, 5.41) is 3.55. The second-order valence-corrected chi connectivity index (χ2v) is 5.69. The van der Waals surface area contributed by atoms with Crippen molar-refractivity contribution >= 4 is 22.6 Å². The van der Waals surface area contributed by atoms with E-state index in [1.165, 1.54) is 0 Å². The van der Waals surface area contributed by atoms with Gasteiger partial charge in [-0.05, 0) is 18.7 Å². The normalized spacial score (nSPS) is 11.0.